The Morgan fingerprint density at radius 2 is 2.16 bits per heavy atom. The Morgan fingerprint density at radius 1 is 1.29 bits per heavy atom. The zero-order chi connectivity index (χ0) is 21.8. The molecule has 0 bridgehead atoms. The number of aryl methyl sites for hydroxylation is 1. The molecule has 1 aliphatic heterocycles. The number of nitrogens with one attached hydrogen (secondary N) is 3. The summed E-state index contributed by atoms with van der Waals surface area (Å²) in [7, 11) is 0. The average molecular weight is 427 g/mol. The summed E-state index contributed by atoms with van der Waals surface area (Å²) >= 11 is 0. The van der Waals surface area contributed by atoms with Crippen molar-refractivity contribution in [3.05, 3.63) is 34.4 Å². The van der Waals surface area contributed by atoms with Gasteiger partial charge in [0.15, 0.2) is 5.82 Å². The van der Waals surface area contributed by atoms with Gasteiger partial charge in [-0.3, -0.25) is 9.48 Å². The summed E-state index contributed by atoms with van der Waals surface area (Å²) in [5.41, 5.74) is 3.22. The van der Waals surface area contributed by atoms with Crippen molar-refractivity contribution >= 4 is 28.5 Å². The van der Waals surface area contributed by atoms with Crippen LogP contribution in [-0.2, 0) is 17.7 Å². The van der Waals surface area contributed by atoms with Gasteiger partial charge in [-0.25, -0.2) is 4.98 Å². The predicted molar refractivity (Wildman–Crippen MR) is 121 cm³/mol. The highest BCUT2D eigenvalue weighted by molar-refractivity contribution is 5.90. The van der Waals surface area contributed by atoms with Gasteiger partial charge < -0.3 is 25.3 Å². The van der Waals surface area contributed by atoms with Gasteiger partial charge in [0.1, 0.15) is 11.0 Å². The predicted octanol–water partition coefficient (Wildman–Crippen LogP) is 1.66. The maximum Gasteiger partial charge on any atom is 0.248 e. The summed E-state index contributed by atoms with van der Waals surface area (Å²) in [6.07, 6.45) is 2.41. The first-order valence-corrected chi connectivity index (χ1v) is 10.9. The van der Waals surface area contributed by atoms with Gasteiger partial charge in [0.2, 0.25) is 11.5 Å². The van der Waals surface area contributed by atoms with Crippen LogP contribution in [-0.4, -0.2) is 63.6 Å². The third-order valence-corrected chi connectivity index (χ3v) is 5.33. The van der Waals surface area contributed by atoms with Crippen LogP contribution in [0.5, 0.6) is 0 Å². The number of nitrogens with zero attached hydrogens (tertiary/aromatic N) is 5. The highest BCUT2D eigenvalue weighted by atomic mass is 16.5. The van der Waals surface area contributed by atoms with Gasteiger partial charge in [-0.1, -0.05) is 6.92 Å². The van der Waals surface area contributed by atoms with Crippen molar-refractivity contribution in [1.29, 1.82) is 0 Å². The van der Waals surface area contributed by atoms with E-state index in [0.29, 0.717) is 37.6 Å². The van der Waals surface area contributed by atoms with E-state index in [1.807, 2.05) is 11.6 Å². The van der Waals surface area contributed by atoms with Crippen LogP contribution in [0.25, 0.3) is 11.0 Å². The van der Waals surface area contributed by atoms with E-state index in [4.69, 9.17) is 19.8 Å². The maximum absolute atomic E-state index is 11.5. The number of aromatic nitrogens is 5. The lowest BCUT2D eigenvalue weighted by Gasteiger charge is -2.32. The number of aromatic amines is 1. The summed E-state index contributed by atoms with van der Waals surface area (Å²) in [6.45, 7) is 10.6. The molecule has 3 N–H and O–H groups in total. The minimum Gasteiger partial charge on any atom is -0.380 e. The van der Waals surface area contributed by atoms with Crippen molar-refractivity contribution in [2.24, 2.45) is 0 Å². The van der Waals surface area contributed by atoms with Crippen LogP contribution >= 0.6 is 0 Å². The molecule has 1 fully saturated rings. The number of fused-ring (bicyclic) bond motifs is 1. The van der Waals surface area contributed by atoms with E-state index in [1.54, 1.807) is 12.3 Å². The number of piperazine rings is 1. The minimum atomic E-state index is -0.149. The van der Waals surface area contributed by atoms with E-state index < -0.39 is 0 Å². The summed E-state index contributed by atoms with van der Waals surface area (Å²) in [5.74, 6) is 1.36. The quantitative estimate of drug-likeness (QED) is 0.466. The Labute approximate surface area is 181 Å². The van der Waals surface area contributed by atoms with Crippen molar-refractivity contribution in [2.75, 3.05) is 43.1 Å². The second-order valence-corrected chi connectivity index (χ2v) is 7.66. The molecule has 0 unspecified atom stereocenters. The van der Waals surface area contributed by atoms with Gasteiger partial charge in [-0.2, -0.15) is 10.1 Å². The van der Waals surface area contributed by atoms with E-state index in [-0.39, 0.29) is 5.56 Å². The highest BCUT2D eigenvalue weighted by Gasteiger charge is 2.23. The molecule has 0 spiro atoms. The fraction of sp³-hybridized carbons (Fsp3) is 0.524. The number of hydrogen-bond donors (Lipinski definition) is 3. The fourth-order valence-corrected chi connectivity index (χ4v) is 3.79. The molecule has 3 aromatic heterocycles. The second kappa shape index (κ2) is 9.44. The molecule has 4 rings (SSSR count). The summed E-state index contributed by atoms with van der Waals surface area (Å²) in [5, 5.41) is 11.6. The molecular weight excluding hydrogens is 396 g/mol. The van der Waals surface area contributed by atoms with E-state index in [9.17, 15) is 4.79 Å². The van der Waals surface area contributed by atoms with Crippen LogP contribution in [0.1, 0.15) is 26.5 Å². The molecule has 1 atom stereocenters. The lowest BCUT2D eigenvalue weighted by Crippen LogP contribution is -2.49. The van der Waals surface area contributed by atoms with Crippen LogP contribution in [0.2, 0.25) is 0 Å². The van der Waals surface area contributed by atoms with Gasteiger partial charge in [0, 0.05) is 44.5 Å². The zero-order valence-corrected chi connectivity index (χ0v) is 18.3. The third kappa shape index (κ3) is 4.70. The van der Waals surface area contributed by atoms with E-state index in [1.165, 1.54) is 6.07 Å². The number of pyridine rings is 1. The number of hydrogen-bond acceptors (Lipinski definition) is 8. The van der Waals surface area contributed by atoms with Gasteiger partial charge in [0.05, 0.1) is 24.5 Å². The monoisotopic (exact) mass is 426 g/mol. The molecule has 1 saturated heterocycles. The summed E-state index contributed by atoms with van der Waals surface area (Å²) in [4.78, 5) is 26.2. The zero-order valence-electron chi connectivity index (χ0n) is 18.3. The summed E-state index contributed by atoms with van der Waals surface area (Å²) in [6, 6.07) is 3.59. The second-order valence-electron chi connectivity index (χ2n) is 7.66. The number of rotatable bonds is 8. The third-order valence-electron chi connectivity index (χ3n) is 5.33. The van der Waals surface area contributed by atoms with Crippen molar-refractivity contribution in [1.82, 2.24) is 30.0 Å². The smallest absolute Gasteiger partial charge is 0.248 e. The first-order valence-electron chi connectivity index (χ1n) is 10.9. The Kier molecular flexibility index (Phi) is 6.47. The molecule has 0 radical (unpaired) electrons. The fourth-order valence-electron chi connectivity index (χ4n) is 3.79. The van der Waals surface area contributed by atoms with Crippen LogP contribution in [0.4, 0.5) is 17.5 Å². The molecule has 0 aromatic carbocycles. The lowest BCUT2D eigenvalue weighted by atomic mass is 10.2. The molecule has 10 nitrogen and oxygen atoms in total. The largest absolute Gasteiger partial charge is 0.380 e. The molecule has 1 aliphatic rings. The van der Waals surface area contributed by atoms with Crippen LogP contribution in [0.3, 0.4) is 0 Å². The van der Waals surface area contributed by atoms with Crippen molar-refractivity contribution in [3.63, 3.8) is 0 Å². The molecule has 4 heterocycles. The van der Waals surface area contributed by atoms with Crippen molar-refractivity contribution in [3.8, 4) is 0 Å². The number of H-pyrrole nitrogens is 1. The van der Waals surface area contributed by atoms with Gasteiger partial charge >= 0.3 is 0 Å². The SMILES string of the molecule is CCOCCn1nc(CC)c2nc(N3CCN[C@H](C)C3)nc(Nc3ccc(=O)[nH]c3)c21. The Hall–Kier alpha value is -2.98. The maximum atomic E-state index is 11.5. The first-order chi connectivity index (χ1) is 15.1. The van der Waals surface area contributed by atoms with Gasteiger partial charge in [-0.15, -0.1) is 0 Å². The molecule has 0 aliphatic carbocycles. The molecule has 0 saturated carbocycles. The van der Waals surface area contributed by atoms with Gasteiger partial charge in [-0.05, 0) is 26.3 Å². The minimum absolute atomic E-state index is 0.149. The number of ether oxygens (including phenoxy) is 1. The molecule has 31 heavy (non-hydrogen) atoms. The van der Waals surface area contributed by atoms with E-state index in [2.05, 4.69) is 34.4 Å². The topological polar surface area (TPSA) is 113 Å². The summed E-state index contributed by atoms with van der Waals surface area (Å²) < 4.78 is 7.47. The number of anilines is 3. The van der Waals surface area contributed by atoms with Gasteiger partial charge in [0.25, 0.3) is 0 Å². The normalized spacial score (nSPS) is 16.7. The van der Waals surface area contributed by atoms with Crippen molar-refractivity contribution in [2.45, 2.75) is 39.8 Å². The average Bonchev–Trinajstić information content (AvgIpc) is 3.13. The van der Waals surface area contributed by atoms with Crippen LogP contribution in [0.15, 0.2) is 23.1 Å². The Bertz CT molecular complexity index is 1070. The van der Waals surface area contributed by atoms with E-state index in [0.717, 1.165) is 48.5 Å². The lowest BCUT2D eigenvalue weighted by molar-refractivity contribution is 0.137. The Morgan fingerprint density at radius 3 is 2.87 bits per heavy atom. The molecule has 3 aromatic rings. The Balaban J connectivity index is 1.81. The van der Waals surface area contributed by atoms with Crippen LogP contribution in [0, 0.1) is 0 Å². The molecule has 10 heteroatoms. The first kappa shape index (κ1) is 21.3. The van der Waals surface area contributed by atoms with E-state index >= 15 is 0 Å². The highest BCUT2D eigenvalue weighted by Crippen LogP contribution is 2.29. The van der Waals surface area contributed by atoms with Crippen LogP contribution < -0.4 is 21.1 Å². The molecule has 166 valence electrons. The van der Waals surface area contributed by atoms with Crippen molar-refractivity contribution < 1.29 is 4.74 Å². The molecular formula is C21H30N8O2. The molecule has 0 amide bonds. The standard InChI is InChI=1S/C21H30N8O2/c1-4-16-18-19(29(27-16)10-11-31-5-2)20(24-15-6-7-17(30)23-12-15)26-21(25-18)28-9-8-22-14(3)13-28/h6-7,12,14,22H,4-5,8-11,13H2,1-3H3,(H,23,30)(H,24,25,26)/t14-/m1/s1.